The Balaban J connectivity index is 2.80. The summed E-state index contributed by atoms with van der Waals surface area (Å²) in [5, 5.41) is 12.7. The Morgan fingerprint density at radius 2 is 2.29 bits per heavy atom. The fraction of sp³-hybridized carbons (Fsp3) is 0.273. The van der Waals surface area contributed by atoms with Crippen LogP contribution < -0.4 is 0 Å². The van der Waals surface area contributed by atoms with Gasteiger partial charge in [-0.05, 0) is 57.5 Å². The molecule has 0 aliphatic carbocycles. The van der Waals surface area contributed by atoms with Crippen LogP contribution in [-0.4, -0.2) is 5.11 Å². The van der Waals surface area contributed by atoms with Crippen LogP contribution in [0.25, 0.3) is 10.1 Å². The van der Waals surface area contributed by atoms with Gasteiger partial charge in [0.15, 0.2) is 0 Å². The number of aliphatic hydroxyl groups is 1. The zero-order chi connectivity index (χ0) is 10.1. The van der Waals surface area contributed by atoms with E-state index in [2.05, 4.69) is 47.0 Å². The summed E-state index contributed by atoms with van der Waals surface area (Å²) in [6.07, 6.45) is 1.02. The maximum atomic E-state index is 9.36. The zero-order valence-electron chi connectivity index (χ0n) is 7.88. The molecule has 0 unspecified atom stereocenters. The number of aryl methyl sites for hydroxylation is 1. The molecule has 2 aromatic rings. The van der Waals surface area contributed by atoms with Gasteiger partial charge < -0.3 is 5.11 Å². The number of hydrogen-bond acceptors (Lipinski definition) is 2. The molecule has 3 heteroatoms. The van der Waals surface area contributed by atoms with Crippen molar-refractivity contribution < 1.29 is 5.11 Å². The van der Waals surface area contributed by atoms with Gasteiger partial charge in [-0.25, -0.2) is 0 Å². The maximum Gasteiger partial charge on any atom is 0.0706 e. The Labute approximate surface area is 101 Å². The minimum Gasteiger partial charge on any atom is -0.392 e. The van der Waals surface area contributed by atoms with Crippen LogP contribution in [0.4, 0.5) is 0 Å². The summed E-state index contributed by atoms with van der Waals surface area (Å²) in [5.74, 6) is 0. The van der Waals surface area contributed by atoms with E-state index < -0.39 is 0 Å². The van der Waals surface area contributed by atoms with E-state index in [1.807, 2.05) is 0 Å². The third-order valence-electron chi connectivity index (χ3n) is 2.39. The second kappa shape index (κ2) is 4.16. The van der Waals surface area contributed by atoms with Crippen LogP contribution in [0.1, 0.15) is 18.1 Å². The molecule has 0 saturated carbocycles. The van der Waals surface area contributed by atoms with Crippen molar-refractivity contribution in [2.45, 2.75) is 20.0 Å². The topological polar surface area (TPSA) is 20.2 Å². The van der Waals surface area contributed by atoms with Crippen molar-refractivity contribution in [1.82, 2.24) is 0 Å². The highest BCUT2D eigenvalue weighted by molar-refractivity contribution is 14.1. The molecule has 1 nitrogen and oxygen atoms in total. The van der Waals surface area contributed by atoms with Gasteiger partial charge in [0.2, 0.25) is 0 Å². The van der Waals surface area contributed by atoms with Crippen LogP contribution in [0.3, 0.4) is 0 Å². The van der Waals surface area contributed by atoms with Crippen molar-refractivity contribution in [3.63, 3.8) is 0 Å². The molecule has 14 heavy (non-hydrogen) atoms. The first-order valence-corrected chi connectivity index (χ1v) is 6.52. The standard InChI is InChI=1S/C11H11IOS/c1-2-7-5-8-3-4-14-11(8)9(6-13)10(7)12/h3-5,13H,2,6H2,1H3. The first kappa shape index (κ1) is 10.4. The zero-order valence-corrected chi connectivity index (χ0v) is 10.9. The van der Waals surface area contributed by atoms with Crippen LogP contribution in [0.2, 0.25) is 0 Å². The van der Waals surface area contributed by atoms with Crippen molar-refractivity contribution in [3.05, 3.63) is 32.2 Å². The van der Waals surface area contributed by atoms with E-state index in [0.717, 1.165) is 12.0 Å². The van der Waals surface area contributed by atoms with E-state index in [1.165, 1.54) is 19.2 Å². The number of hydrogen-bond donors (Lipinski definition) is 1. The Kier molecular flexibility index (Phi) is 3.09. The number of fused-ring (bicyclic) bond motifs is 1. The smallest absolute Gasteiger partial charge is 0.0706 e. The Morgan fingerprint density at radius 1 is 1.50 bits per heavy atom. The number of rotatable bonds is 2. The predicted molar refractivity (Wildman–Crippen MR) is 69.8 cm³/mol. The summed E-state index contributed by atoms with van der Waals surface area (Å²) >= 11 is 4.04. The fourth-order valence-corrected chi connectivity index (χ4v) is 3.70. The molecule has 0 aliphatic heterocycles. The lowest BCUT2D eigenvalue weighted by Gasteiger charge is -2.08. The summed E-state index contributed by atoms with van der Waals surface area (Å²) in [7, 11) is 0. The highest BCUT2D eigenvalue weighted by Crippen LogP contribution is 2.31. The molecule has 1 aromatic carbocycles. The molecule has 0 fully saturated rings. The summed E-state index contributed by atoms with van der Waals surface area (Å²) < 4.78 is 2.46. The van der Waals surface area contributed by atoms with Gasteiger partial charge in [0.1, 0.15) is 0 Å². The van der Waals surface area contributed by atoms with Gasteiger partial charge in [-0.3, -0.25) is 0 Å². The lowest BCUT2D eigenvalue weighted by atomic mass is 10.1. The van der Waals surface area contributed by atoms with E-state index >= 15 is 0 Å². The molecule has 0 aliphatic rings. The number of aliphatic hydroxyl groups excluding tert-OH is 1. The Bertz CT molecular complexity index is 462. The normalized spacial score (nSPS) is 11.1. The molecule has 1 heterocycles. The summed E-state index contributed by atoms with van der Waals surface area (Å²) in [6.45, 7) is 2.29. The molecule has 0 bridgehead atoms. The first-order chi connectivity index (χ1) is 6.77. The van der Waals surface area contributed by atoms with Crippen molar-refractivity contribution in [1.29, 1.82) is 0 Å². The fourth-order valence-electron chi connectivity index (χ4n) is 1.62. The van der Waals surface area contributed by atoms with E-state index in [4.69, 9.17) is 0 Å². The van der Waals surface area contributed by atoms with Crippen LogP contribution >= 0.6 is 33.9 Å². The maximum absolute atomic E-state index is 9.36. The molecule has 0 atom stereocenters. The van der Waals surface area contributed by atoms with Gasteiger partial charge in [-0.15, -0.1) is 11.3 Å². The molecule has 0 saturated heterocycles. The highest BCUT2D eigenvalue weighted by atomic mass is 127. The molecule has 1 N–H and O–H groups in total. The lowest BCUT2D eigenvalue weighted by molar-refractivity contribution is 0.282. The van der Waals surface area contributed by atoms with E-state index in [9.17, 15) is 5.11 Å². The van der Waals surface area contributed by atoms with Crippen molar-refractivity contribution in [2.24, 2.45) is 0 Å². The average Bonchev–Trinajstić information content (AvgIpc) is 2.64. The summed E-state index contributed by atoms with van der Waals surface area (Å²) in [6, 6.07) is 4.35. The predicted octanol–water partition coefficient (Wildman–Crippen LogP) is 3.56. The minimum absolute atomic E-state index is 0.142. The van der Waals surface area contributed by atoms with Crippen molar-refractivity contribution >= 4 is 44.0 Å². The minimum atomic E-state index is 0.142. The third kappa shape index (κ3) is 1.57. The Morgan fingerprint density at radius 3 is 2.93 bits per heavy atom. The molecule has 2 rings (SSSR count). The van der Waals surface area contributed by atoms with Crippen molar-refractivity contribution in [3.8, 4) is 0 Å². The largest absolute Gasteiger partial charge is 0.392 e. The number of thiophene rings is 1. The molecular weight excluding hydrogens is 307 g/mol. The highest BCUT2D eigenvalue weighted by Gasteiger charge is 2.10. The van der Waals surface area contributed by atoms with E-state index in [-0.39, 0.29) is 6.61 Å². The quantitative estimate of drug-likeness (QED) is 0.840. The second-order valence-electron chi connectivity index (χ2n) is 3.18. The number of benzene rings is 1. The summed E-state index contributed by atoms with van der Waals surface area (Å²) in [5.41, 5.74) is 2.43. The SMILES string of the molecule is CCc1cc2ccsc2c(CO)c1I. The second-order valence-corrected chi connectivity index (χ2v) is 5.17. The monoisotopic (exact) mass is 318 g/mol. The third-order valence-corrected chi connectivity index (χ3v) is 4.72. The van der Waals surface area contributed by atoms with Gasteiger partial charge in [0.05, 0.1) is 6.61 Å². The molecule has 0 spiro atoms. The average molecular weight is 318 g/mol. The van der Waals surface area contributed by atoms with Crippen LogP contribution in [0, 0.1) is 3.57 Å². The molecule has 0 radical (unpaired) electrons. The van der Waals surface area contributed by atoms with Gasteiger partial charge in [-0.2, -0.15) is 0 Å². The van der Waals surface area contributed by atoms with Crippen molar-refractivity contribution in [2.75, 3.05) is 0 Å². The Hall–Kier alpha value is -0.130. The molecule has 0 amide bonds. The van der Waals surface area contributed by atoms with E-state index in [1.54, 1.807) is 11.3 Å². The first-order valence-electron chi connectivity index (χ1n) is 4.56. The van der Waals surface area contributed by atoms with Gasteiger partial charge in [-0.1, -0.05) is 6.92 Å². The van der Waals surface area contributed by atoms with Gasteiger partial charge in [0, 0.05) is 13.8 Å². The summed E-state index contributed by atoms with van der Waals surface area (Å²) in [4.78, 5) is 0. The van der Waals surface area contributed by atoms with Crippen LogP contribution in [-0.2, 0) is 13.0 Å². The van der Waals surface area contributed by atoms with E-state index in [0.29, 0.717) is 0 Å². The van der Waals surface area contributed by atoms with Gasteiger partial charge >= 0.3 is 0 Å². The molecule has 1 aromatic heterocycles. The van der Waals surface area contributed by atoms with Crippen LogP contribution in [0.5, 0.6) is 0 Å². The molecule has 74 valence electrons. The van der Waals surface area contributed by atoms with Crippen LogP contribution in [0.15, 0.2) is 17.5 Å². The number of halogens is 1. The van der Waals surface area contributed by atoms with Gasteiger partial charge in [0.25, 0.3) is 0 Å². The molecular formula is C11H11IOS. The lowest BCUT2D eigenvalue weighted by Crippen LogP contribution is -1.94.